The van der Waals surface area contributed by atoms with Crippen LogP contribution >= 0.6 is 0 Å². The predicted octanol–water partition coefficient (Wildman–Crippen LogP) is 4.73. The van der Waals surface area contributed by atoms with E-state index in [0.717, 1.165) is 37.4 Å². The Hall–Kier alpha value is -2.56. The van der Waals surface area contributed by atoms with Crippen molar-refractivity contribution in [3.8, 4) is 0 Å². The van der Waals surface area contributed by atoms with Crippen molar-refractivity contribution in [1.29, 1.82) is 0 Å². The number of benzene rings is 1. The van der Waals surface area contributed by atoms with Crippen molar-refractivity contribution in [2.75, 3.05) is 23.3 Å². The van der Waals surface area contributed by atoms with Crippen molar-refractivity contribution in [3.63, 3.8) is 0 Å². The number of hydrogen-bond acceptors (Lipinski definition) is 4. The van der Waals surface area contributed by atoms with E-state index >= 15 is 0 Å². The van der Waals surface area contributed by atoms with Crippen molar-refractivity contribution in [3.05, 3.63) is 48.2 Å². The van der Waals surface area contributed by atoms with Gasteiger partial charge < -0.3 is 15.5 Å². The largest absolute Gasteiger partial charge is 0.372 e. The number of amides is 1. The molecule has 1 aliphatic carbocycles. The van der Waals surface area contributed by atoms with Gasteiger partial charge in [0.1, 0.15) is 5.82 Å². The lowest BCUT2D eigenvalue weighted by molar-refractivity contribution is 0.0927. The molecule has 1 fully saturated rings. The molecule has 0 atom stereocenters. The standard InChI is InChI=1S/C22H30N4O/c1-3-26(4-2)20-13-11-19(12-14-20)24-21-15-10-17(16-23-21)22(27)25-18-8-6-5-7-9-18/h10-16,18H,3-9H2,1-2H3,(H,23,24)(H,25,27). The van der Waals surface area contributed by atoms with Crippen LogP contribution in [0, 0.1) is 0 Å². The van der Waals surface area contributed by atoms with Crippen LogP contribution in [0.3, 0.4) is 0 Å². The summed E-state index contributed by atoms with van der Waals surface area (Å²) in [5.74, 6) is 0.712. The molecule has 0 spiro atoms. The number of carbonyl (C=O) groups excluding carboxylic acids is 1. The van der Waals surface area contributed by atoms with Crippen LogP contribution < -0.4 is 15.5 Å². The van der Waals surface area contributed by atoms with E-state index in [1.165, 1.54) is 24.9 Å². The highest BCUT2D eigenvalue weighted by molar-refractivity contribution is 5.94. The highest BCUT2D eigenvalue weighted by Crippen LogP contribution is 2.21. The van der Waals surface area contributed by atoms with Crippen molar-refractivity contribution in [2.24, 2.45) is 0 Å². The first-order valence-electron chi connectivity index (χ1n) is 10.1. The van der Waals surface area contributed by atoms with Gasteiger partial charge in [0.05, 0.1) is 5.56 Å². The van der Waals surface area contributed by atoms with Crippen LogP contribution in [-0.4, -0.2) is 30.0 Å². The van der Waals surface area contributed by atoms with Crippen LogP contribution in [0.5, 0.6) is 0 Å². The monoisotopic (exact) mass is 366 g/mol. The number of nitrogens with one attached hydrogen (secondary N) is 2. The Morgan fingerprint density at radius 2 is 1.74 bits per heavy atom. The van der Waals surface area contributed by atoms with Gasteiger partial charge in [-0.2, -0.15) is 0 Å². The maximum absolute atomic E-state index is 12.4. The summed E-state index contributed by atoms with van der Waals surface area (Å²) in [6.07, 6.45) is 7.51. The van der Waals surface area contributed by atoms with Crippen LogP contribution in [0.4, 0.5) is 17.2 Å². The summed E-state index contributed by atoms with van der Waals surface area (Å²) in [5.41, 5.74) is 2.81. The number of anilines is 3. The van der Waals surface area contributed by atoms with Gasteiger partial charge in [0, 0.05) is 36.7 Å². The van der Waals surface area contributed by atoms with Crippen LogP contribution in [0.25, 0.3) is 0 Å². The van der Waals surface area contributed by atoms with Gasteiger partial charge in [-0.25, -0.2) is 4.98 Å². The van der Waals surface area contributed by atoms with Gasteiger partial charge in [-0.1, -0.05) is 19.3 Å². The van der Waals surface area contributed by atoms with Gasteiger partial charge in [0.15, 0.2) is 0 Å². The second kappa shape index (κ2) is 9.40. The first kappa shape index (κ1) is 19.2. The number of rotatable bonds is 7. The zero-order valence-corrected chi connectivity index (χ0v) is 16.4. The maximum atomic E-state index is 12.4. The average molecular weight is 367 g/mol. The second-order valence-corrected chi connectivity index (χ2v) is 7.08. The minimum atomic E-state index is -0.0236. The molecule has 0 saturated heterocycles. The fraction of sp³-hybridized carbons (Fsp3) is 0.455. The van der Waals surface area contributed by atoms with Gasteiger partial charge >= 0.3 is 0 Å². The molecule has 5 nitrogen and oxygen atoms in total. The summed E-state index contributed by atoms with van der Waals surface area (Å²) in [5, 5.41) is 6.42. The summed E-state index contributed by atoms with van der Waals surface area (Å²) < 4.78 is 0. The number of nitrogens with zero attached hydrogens (tertiary/aromatic N) is 2. The summed E-state index contributed by atoms with van der Waals surface area (Å²) in [4.78, 5) is 19.1. The molecular formula is C22H30N4O. The van der Waals surface area contributed by atoms with E-state index < -0.39 is 0 Å². The molecular weight excluding hydrogens is 336 g/mol. The zero-order valence-electron chi connectivity index (χ0n) is 16.4. The predicted molar refractivity (Wildman–Crippen MR) is 112 cm³/mol. The second-order valence-electron chi connectivity index (χ2n) is 7.08. The Morgan fingerprint density at radius 1 is 1.04 bits per heavy atom. The Labute approximate surface area is 162 Å². The van der Waals surface area contributed by atoms with E-state index in [4.69, 9.17) is 0 Å². The fourth-order valence-electron chi connectivity index (χ4n) is 3.61. The molecule has 1 amide bonds. The fourth-order valence-corrected chi connectivity index (χ4v) is 3.61. The first-order valence-corrected chi connectivity index (χ1v) is 10.1. The number of hydrogen-bond donors (Lipinski definition) is 2. The third kappa shape index (κ3) is 5.22. The summed E-state index contributed by atoms with van der Waals surface area (Å²) >= 11 is 0. The van der Waals surface area contributed by atoms with Crippen LogP contribution in [-0.2, 0) is 0 Å². The Bertz CT molecular complexity index is 717. The Morgan fingerprint density at radius 3 is 2.33 bits per heavy atom. The van der Waals surface area contributed by atoms with Crippen LogP contribution in [0.15, 0.2) is 42.6 Å². The third-order valence-electron chi connectivity index (χ3n) is 5.23. The van der Waals surface area contributed by atoms with Gasteiger partial charge in [-0.05, 0) is 63.1 Å². The minimum Gasteiger partial charge on any atom is -0.372 e. The third-order valence-corrected chi connectivity index (χ3v) is 5.23. The maximum Gasteiger partial charge on any atom is 0.253 e. The quantitative estimate of drug-likeness (QED) is 0.743. The topological polar surface area (TPSA) is 57.3 Å². The van der Waals surface area contributed by atoms with Gasteiger partial charge in [-0.3, -0.25) is 4.79 Å². The molecule has 1 aromatic carbocycles. The van der Waals surface area contributed by atoms with E-state index in [1.54, 1.807) is 6.20 Å². The summed E-state index contributed by atoms with van der Waals surface area (Å²) in [7, 11) is 0. The van der Waals surface area contributed by atoms with Gasteiger partial charge in [0.25, 0.3) is 5.91 Å². The molecule has 27 heavy (non-hydrogen) atoms. The highest BCUT2D eigenvalue weighted by Gasteiger charge is 2.16. The van der Waals surface area contributed by atoms with Crippen molar-refractivity contribution < 1.29 is 4.79 Å². The lowest BCUT2D eigenvalue weighted by atomic mass is 9.95. The van der Waals surface area contributed by atoms with E-state index in [1.807, 2.05) is 12.1 Å². The van der Waals surface area contributed by atoms with E-state index in [-0.39, 0.29) is 5.91 Å². The molecule has 0 bridgehead atoms. The molecule has 2 aromatic rings. The molecule has 0 aliphatic heterocycles. The van der Waals surface area contributed by atoms with E-state index in [9.17, 15) is 4.79 Å². The van der Waals surface area contributed by atoms with Crippen molar-refractivity contribution in [2.45, 2.75) is 52.0 Å². The van der Waals surface area contributed by atoms with E-state index in [0.29, 0.717) is 11.6 Å². The number of pyridine rings is 1. The molecule has 1 saturated carbocycles. The molecule has 1 aliphatic rings. The van der Waals surface area contributed by atoms with Gasteiger partial charge in [0.2, 0.25) is 0 Å². The zero-order chi connectivity index (χ0) is 19.1. The molecule has 1 aromatic heterocycles. The molecule has 0 unspecified atom stereocenters. The Balaban J connectivity index is 1.57. The molecule has 144 valence electrons. The van der Waals surface area contributed by atoms with Crippen LogP contribution in [0.1, 0.15) is 56.3 Å². The molecule has 3 rings (SSSR count). The van der Waals surface area contributed by atoms with Gasteiger partial charge in [-0.15, -0.1) is 0 Å². The lowest BCUT2D eigenvalue weighted by Crippen LogP contribution is -2.36. The minimum absolute atomic E-state index is 0.0236. The SMILES string of the molecule is CCN(CC)c1ccc(Nc2ccc(C(=O)NC3CCCCC3)cn2)cc1. The lowest BCUT2D eigenvalue weighted by Gasteiger charge is -2.22. The van der Waals surface area contributed by atoms with Crippen LogP contribution in [0.2, 0.25) is 0 Å². The molecule has 2 N–H and O–H groups in total. The van der Waals surface area contributed by atoms with Crippen molar-refractivity contribution >= 4 is 23.1 Å². The molecule has 5 heteroatoms. The smallest absolute Gasteiger partial charge is 0.253 e. The number of carbonyl (C=O) groups is 1. The summed E-state index contributed by atoms with van der Waals surface area (Å²) in [6.45, 7) is 6.31. The first-order chi connectivity index (χ1) is 13.2. The Kier molecular flexibility index (Phi) is 6.69. The average Bonchev–Trinajstić information content (AvgIpc) is 2.71. The molecule has 1 heterocycles. The number of aromatic nitrogens is 1. The normalized spacial score (nSPS) is 14.6. The molecule has 0 radical (unpaired) electrons. The van der Waals surface area contributed by atoms with E-state index in [2.05, 4.69) is 58.6 Å². The van der Waals surface area contributed by atoms with Crippen molar-refractivity contribution in [1.82, 2.24) is 10.3 Å². The highest BCUT2D eigenvalue weighted by atomic mass is 16.1. The summed E-state index contributed by atoms with van der Waals surface area (Å²) in [6, 6.07) is 12.3.